The number of amides is 2. The predicted molar refractivity (Wildman–Crippen MR) is 122 cm³/mol. The molecule has 0 bridgehead atoms. The van der Waals surface area contributed by atoms with Gasteiger partial charge in [-0.05, 0) is 36.6 Å². The number of halogens is 2. The van der Waals surface area contributed by atoms with E-state index in [1.54, 1.807) is 28.9 Å². The minimum atomic E-state index is -0.631. The number of carbonyl (C=O) groups excluding carboxylic acids is 2. The smallest absolute Gasteiger partial charge is 0.254 e. The van der Waals surface area contributed by atoms with Crippen molar-refractivity contribution < 1.29 is 14.0 Å². The first-order valence-corrected chi connectivity index (χ1v) is 10.7. The van der Waals surface area contributed by atoms with Crippen LogP contribution < -0.4 is 16.8 Å². The summed E-state index contributed by atoms with van der Waals surface area (Å²) in [6.07, 6.45) is 4.16. The number of aromatic nitrogens is 2. The van der Waals surface area contributed by atoms with Gasteiger partial charge >= 0.3 is 0 Å². The molecule has 0 aliphatic heterocycles. The molecule has 4 rings (SSSR count). The summed E-state index contributed by atoms with van der Waals surface area (Å²) in [6, 6.07) is 11.1. The lowest BCUT2D eigenvalue weighted by atomic mass is 10.0. The number of carbonyl (C=O) groups is 2. The fourth-order valence-electron chi connectivity index (χ4n) is 4.07. The number of benzene rings is 2. The Kier molecular flexibility index (Phi) is 6.14. The predicted octanol–water partition coefficient (Wildman–Crippen LogP) is 4.32. The van der Waals surface area contributed by atoms with E-state index in [-0.39, 0.29) is 35.4 Å². The van der Waals surface area contributed by atoms with Gasteiger partial charge in [0.1, 0.15) is 22.9 Å². The second-order valence-corrected chi connectivity index (χ2v) is 8.34. The third-order valence-corrected chi connectivity index (χ3v) is 5.89. The van der Waals surface area contributed by atoms with Crippen LogP contribution in [0.25, 0.3) is 11.3 Å². The van der Waals surface area contributed by atoms with Crippen LogP contribution in [0.15, 0.2) is 42.5 Å². The molecule has 1 aromatic heterocycles. The molecule has 1 heterocycles. The van der Waals surface area contributed by atoms with Crippen LogP contribution in [0.2, 0.25) is 5.02 Å². The summed E-state index contributed by atoms with van der Waals surface area (Å²) in [5, 5.41) is 7.45. The number of rotatable bonds is 6. The zero-order chi connectivity index (χ0) is 22.8. The molecule has 1 aliphatic carbocycles. The van der Waals surface area contributed by atoms with Crippen molar-refractivity contribution in [2.24, 2.45) is 5.73 Å². The van der Waals surface area contributed by atoms with Crippen LogP contribution in [0.4, 0.5) is 15.9 Å². The Morgan fingerprint density at radius 1 is 1.16 bits per heavy atom. The van der Waals surface area contributed by atoms with Crippen LogP contribution in [-0.2, 0) is 11.2 Å². The van der Waals surface area contributed by atoms with E-state index in [1.165, 1.54) is 18.2 Å². The lowest BCUT2D eigenvalue weighted by molar-refractivity contribution is -0.115. The van der Waals surface area contributed by atoms with Crippen molar-refractivity contribution in [3.05, 3.63) is 64.4 Å². The topological polar surface area (TPSA) is 116 Å². The zero-order valence-corrected chi connectivity index (χ0v) is 18.0. The molecule has 0 unspecified atom stereocenters. The monoisotopic (exact) mass is 455 g/mol. The first kappa shape index (κ1) is 21.8. The SMILES string of the molecule is NC(=O)c1c(-c2ccc(CC(=O)Nc3cc(Cl)ccc3F)cc2)nn(C2CCCC2)c1N. The van der Waals surface area contributed by atoms with Crippen LogP contribution in [-0.4, -0.2) is 21.6 Å². The summed E-state index contributed by atoms with van der Waals surface area (Å²) in [4.78, 5) is 24.4. The molecule has 1 fully saturated rings. The van der Waals surface area contributed by atoms with E-state index in [1.807, 2.05) is 0 Å². The van der Waals surface area contributed by atoms with Crippen LogP contribution in [0, 0.1) is 5.82 Å². The van der Waals surface area contributed by atoms with Crippen molar-refractivity contribution in [1.29, 1.82) is 0 Å². The average molecular weight is 456 g/mol. The lowest BCUT2D eigenvalue weighted by Gasteiger charge is -2.11. The van der Waals surface area contributed by atoms with Gasteiger partial charge in [-0.1, -0.05) is 48.7 Å². The van der Waals surface area contributed by atoms with E-state index < -0.39 is 11.7 Å². The van der Waals surface area contributed by atoms with Crippen molar-refractivity contribution in [1.82, 2.24) is 9.78 Å². The largest absolute Gasteiger partial charge is 0.383 e. The molecule has 2 amide bonds. The van der Waals surface area contributed by atoms with Gasteiger partial charge in [-0.25, -0.2) is 9.07 Å². The van der Waals surface area contributed by atoms with Crippen molar-refractivity contribution in [2.75, 3.05) is 11.1 Å². The molecule has 7 nitrogen and oxygen atoms in total. The van der Waals surface area contributed by atoms with Gasteiger partial charge in [-0.2, -0.15) is 5.10 Å². The number of primary amides is 1. The normalized spacial score (nSPS) is 13.9. The molecule has 0 spiro atoms. The van der Waals surface area contributed by atoms with Gasteiger partial charge in [0.05, 0.1) is 18.2 Å². The quantitative estimate of drug-likeness (QED) is 0.513. The number of nitrogen functional groups attached to an aromatic ring is 1. The van der Waals surface area contributed by atoms with Gasteiger partial charge in [0, 0.05) is 10.6 Å². The lowest BCUT2D eigenvalue weighted by Crippen LogP contribution is -2.16. The van der Waals surface area contributed by atoms with Crippen LogP contribution >= 0.6 is 11.6 Å². The number of hydrogen-bond donors (Lipinski definition) is 3. The third-order valence-electron chi connectivity index (χ3n) is 5.66. The van der Waals surface area contributed by atoms with E-state index in [2.05, 4.69) is 10.4 Å². The first-order valence-electron chi connectivity index (χ1n) is 10.4. The van der Waals surface area contributed by atoms with Gasteiger partial charge in [0.15, 0.2) is 0 Å². The second kappa shape index (κ2) is 9.00. The van der Waals surface area contributed by atoms with Gasteiger partial charge in [-0.3, -0.25) is 9.59 Å². The highest BCUT2D eigenvalue weighted by molar-refractivity contribution is 6.30. The summed E-state index contributed by atoms with van der Waals surface area (Å²) < 4.78 is 15.5. The minimum Gasteiger partial charge on any atom is -0.383 e. The molecule has 9 heteroatoms. The minimum absolute atomic E-state index is 0.0261. The van der Waals surface area contributed by atoms with Gasteiger partial charge in [0.25, 0.3) is 5.91 Å². The molecule has 1 aliphatic rings. The second-order valence-electron chi connectivity index (χ2n) is 7.90. The van der Waals surface area contributed by atoms with Gasteiger partial charge in [0.2, 0.25) is 5.91 Å². The fourth-order valence-corrected chi connectivity index (χ4v) is 4.25. The van der Waals surface area contributed by atoms with E-state index in [0.29, 0.717) is 21.8 Å². The van der Waals surface area contributed by atoms with Crippen molar-refractivity contribution in [3.63, 3.8) is 0 Å². The number of anilines is 2. The summed E-state index contributed by atoms with van der Waals surface area (Å²) in [6.45, 7) is 0. The Morgan fingerprint density at radius 2 is 1.84 bits per heavy atom. The standard InChI is InChI=1S/C23H23ClFN5O2/c24-15-9-10-17(25)18(12-15)28-19(31)11-13-5-7-14(8-6-13)21-20(23(27)32)22(26)30(29-21)16-3-1-2-4-16/h5-10,12,16H,1-4,11,26H2,(H2,27,32)(H,28,31). The zero-order valence-electron chi connectivity index (χ0n) is 17.3. The Morgan fingerprint density at radius 3 is 2.50 bits per heavy atom. The molecule has 3 aromatic rings. The van der Waals surface area contributed by atoms with Crippen LogP contribution in [0.1, 0.15) is 47.6 Å². The molecule has 0 atom stereocenters. The van der Waals surface area contributed by atoms with Crippen LogP contribution in [0.3, 0.4) is 0 Å². The summed E-state index contributed by atoms with van der Waals surface area (Å²) in [5.41, 5.74) is 13.9. The number of nitrogens with zero attached hydrogens (tertiary/aromatic N) is 2. The van der Waals surface area contributed by atoms with Gasteiger partial charge in [-0.15, -0.1) is 0 Å². The van der Waals surface area contributed by atoms with Crippen LogP contribution in [0.5, 0.6) is 0 Å². The third kappa shape index (κ3) is 4.45. The summed E-state index contributed by atoms with van der Waals surface area (Å²) in [7, 11) is 0. The Bertz CT molecular complexity index is 1170. The van der Waals surface area contributed by atoms with Gasteiger partial charge < -0.3 is 16.8 Å². The number of nitrogens with two attached hydrogens (primary N) is 2. The number of hydrogen-bond acceptors (Lipinski definition) is 4. The Labute approximate surface area is 189 Å². The molecule has 0 saturated heterocycles. The maximum absolute atomic E-state index is 13.8. The number of nitrogens with one attached hydrogen (secondary N) is 1. The highest BCUT2D eigenvalue weighted by atomic mass is 35.5. The van der Waals surface area contributed by atoms with Crippen molar-refractivity contribution >= 4 is 34.9 Å². The van der Waals surface area contributed by atoms with E-state index >= 15 is 0 Å². The molecule has 0 radical (unpaired) electrons. The molecule has 32 heavy (non-hydrogen) atoms. The molecule has 166 valence electrons. The molecular weight excluding hydrogens is 433 g/mol. The maximum atomic E-state index is 13.8. The molecule has 5 N–H and O–H groups in total. The maximum Gasteiger partial charge on any atom is 0.254 e. The van der Waals surface area contributed by atoms with E-state index in [0.717, 1.165) is 25.7 Å². The van der Waals surface area contributed by atoms with Crippen molar-refractivity contribution in [3.8, 4) is 11.3 Å². The highest BCUT2D eigenvalue weighted by Crippen LogP contribution is 2.35. The molecular formula is C23H23ClFN5O2. The van der Waals surface area contributed by atoms with E-state index in [9.17, 15) is 14.0 Å². The fraction of sp³-hybridized carbons (Fsp3) is 0.261. The summed E-state index contributed by atoms with van der Waals surface area (Å²) >= 11 is 5.86. The van der Waals surface area contributed by atoms with E-state index in [4.69, 9.17) is 23.1 Å². The first-order chi connectivity index (χ1) is 15.3. The molecule has 2 aromatic carbocycles. The highest BCUT2D eigenvalue weighted by Gasteiger charge is 2.27. The Hall–Kier alpha value is -3.39. The Balaban J connectivity index is 1.53. The summed E-state index contributed by atoms with van der Waals surface area (Å²) in [5.74, 6) is -1.29. The average Bonchev–Trinajstić information content (AvgIpc) is 3.39. The molecule has 1 saturated carbocycles. The van der Waals surface area contributed by atoms with Crippen molar-refractivity contribution in [2.45, 2.75) is 38.1 Å².